The molecular weight excluding hydrogens is 352 g/mol. The zero-order chi connectivity index (χ0) is 16.4. The van der Waals surface area contributed by atoms with E-state index in [0.29, 0.717) is 21.8 Å². The normalized spacial score (nSPS) is 10.5. The number of rotatable bonds is 2. The molecule has 0 radical (unpaired) electrons. The van der Waals surface area contributed by atoms with Crippen LogP contribution in [0.15, 0.2) is 36.4 Å². The molecule has 3 aromatic rings. The molecule has 0 aliphatic carbocycles. The average Bonchev–Trinajstić information content (AvgIpc) is 2.99. The highest BCUT2D eigenvalue weighted by Gasteiger charge is 2.13. The van der Waals surface area contributed by atoms with Crippen molar-refractivity contribution >= 4 is 63.3 Å². The van der Waals surface area contributed by atoms with Crippen LogP contribution in [0.5, 0.6) is 0 Å². The Hall–Kier alpha value is -2.09. The van der Waals surface area contributed by atoms with Crippen molar-refractivity contribution in [2.75, 3.05) is 5.32 Å². The molecule has 0 saturated carbocycles. The van der Waals surface area contributed by atoms with Crippen LogP contribution in [0.3, 0.4) is 0 Å². The molecule has 0 fully saturated rings. The van der Waals surface area contributed by atoms with Crippen LogP contribution in [0.2, 0.25) is 5.02 Å². The minimum Gasteiger partial charge on any atom is -0.329 e. The van der Waals surface area contributed by atoms with Gasteiger partial charge in [-0.05, 0) is 43.4 Å². The molecule has 8 heteroatoms. The lowest BCUT2D eigenvalue weighted by molar-refractivity contribution is 0.0977. The molecule has 0 atom stereocenters. The quantitative estimate of drug-likeness (QED) is 0.679. The number of carbonyl (C=O) groups excluding carboxylic acids is 1. The van der Waals surface area contributed by atoms with E-state index in [4.69, 9.17) is 23.8 Å². The van der Waals surface area contributed by atoms with E-state index in [1.54, 1.807) is 24.3 Å². The third-order valence-corrected chi connectivity index (χ3v) is 4.18. The number of amides is 1. The highest BCUT2D eigenvalue weighted by atomic mass is 35.5. The van der Waals surface area contributed by atoms with Crippen molar-refractivity contribution in [1.82, 2.24) is 14.1 Å². The molecule has 2 N–H and O–H groups in total. The summed E-state index contributed by atoms with van der Waals surface area (Å²) in [5.41, 5.74) is 3.41. The van der Waals surface area contributed by atoms with Gasteiger partial charge in [-0.3, -0.25) is 10.1 Å². The van der Waals surface area contributed by atoms with E-state index >= 15 is 0 Å². The molecule has 1 heterocycles. The number of carbonyl (C=O) groups is 1. The predicted molar refractivity (Wildman–Crippen MR) is 97.3 cm³/mol. The van der Waals surface area contributed by atoms with Gasteiger partial charge in [-0.2, -0.15) is 8.75 Å². The molecule has 116 valence electrons. The number of halogens is 1. The van der Waals surface area contributed by atoms with Crippen LogP contribution in [-0.4, -0.2) is 19.8 Å². The maximum atomic E-state index is 12.2. The molecule has 0 aliphatic heterocycles. The van der Waals surface area contributed by atoms with Crippen LogP contribution in [0.4, 0.5) is 5.69 Å². The number of anilines is 1. The number of benzene rings is 2. The van der Waals surface area contributed by atoms with Crippen molar-refractivity contribution in [1.29, 1.82) is 0 Å². The zero-order valence-electron chi connectivity index (χ0n) is 12.0. The summed E-state index contributed by atoms with van der Waals surface area (Å²) in [4.78, 5) is 12.2. The van der Waals surface area contributed by atoms with Crippen LogP contribution in [0.1, 0.15) is 15.9 Å². The van der Waals surface area contributed by atoms with Crippen molar-refractivity contribution in [2.24, 2.45) is 0 Å². The number of aromatic nitrogens is 2. The molecule has 1 amide bonds. The fourth-order valence-corrected chi connectivity index (χ4v) is 2.99. The standard InChI is InChI=1S/C15H11ClN4OS2/c1-8-3-2-4-9(7-8)14(21)18-15(22)17-12-10(16)5-6-11-13(12)20-23-19-11/h2-7H,1H3,(H2,17,18,21,22). The second kappa shape index (κ2) is 6.57. The Morgan fingerprint density at radius 1 is 1.26 bits per heavy atom. The SMILES string of the molecule is Cc1cccc(C(=O)NC(=S)Nc2c(Cl)ccc3nsnc23)c1. The summed E-state index contributed by atoms with van der Waals surface area (Å²) in [5, 5.41) is 6.17. The second-order valence-electron chi connectivity index (χ2n) is 4.83. The van der Waals surface area contributed by atoms with Crippen LogP contribution >= 0.6 is 35.5 Å². The summed E-state index contributed by atoms with van der Waals surface area (Å²) in [5.74, 6) is -0.286. The van der Waals surface area contributed by atoms with Gasteiger partial charge in [0.2, 0.25) is 0 Å². The molecule has 0 spiro atoms. The highest BCUT2D eigenvalue weighted by molar-refractivity contribution is 7.80. The number of aryl methyl sites for hydroxylation is 1. The van der Waals surface area contributed by atoms with Gasteiger partial charge in [0.1, 0.15) is 11.0 Å². The molecule has 5 nitrogen and oxygen atoms in total. The smallest absolute Gasteiger partial charge is 0.257 e. The van der Waals surface area contributed by atoms with Crippen molar-refractivity contribution < 1.29 is 4.79 Å². The molecule has 0 unspecified atom stereocenters. The van der Waals surface area contributed by atoms with Crippen molar-refractivity contribution in [3.63, 3.8) is 0 Å². The average molecular weight is 363 g/mol. The van der Waals surface area contributed by atoms with E-state index in [-0.39, 0.29) is 11.0 Å². The van der Waals surface area contributed by atoms with Gasteiger partial charge in [0, 0.05) is 5.56 Å². The number of fused-ring (bicyclic) bond motifs is 1. The van der Waals surface area contributed by atoms with E-state index in [1.807, 2.05) is 19.1 Å². The maximum Gasteiger partial charge on any atom is 0.257 e. The summed E-state index contributed by atoms with van der Waals surface area (Å²) in [6.45, 7) is 1.92. The van der Waals surface area contributed by atoms with E-state index in [0.717, 1.165) is 22.8 Å². The second-order valence-corrected chi connectivity index (χ2v) is 6.18. The van der Waals surface area contributed by atoms with Crippen molar-refractivity contribution in [3.05, 3.63) is 52.5 Å². The van der Waals surface area contributed by atoms with Crippen LogP contribution in [0.25, 0.3) is 11.0 Å². The summed E-state index contributed by atoms with van der Waals surface area (Å²) in [7, 11) is 0. The number of hydrogen-bond donors (Lipinski definition) is 2. The van der Waals surface area contributed by atoms with Gasteiger partial charge in [0.25, 0.3) is 5.91 Å². The van der Waals surface area contributed by atoms with E-state index < -0.39 is 0 Å². The number of hydrogen-bond acceptors (Lipinski definition) is 5. The summed E-state index contributed by atoms with van der Waals surface area (Å²) < 4.78 is 8.34. The monoisotopic (exact) mass is 362 g/mol. The van der Waals surface area contributed by atoms with Crippen LogP contribution < -0.4 is 10.6 Å². The lowest BCUT2D eigenvalue weighted by Gasteiger charge is -2.11. The Labute approximate surface area is 147 Å². The fourth-order valence-electron chi connectivity index (χ4n) is 2.05. The minimum absolute atomic E-state index is 0.152. The molecule has 1 aromatic heterocycles. The van der Waals surface area contributed by atoms with E-state index in [2.05, 4.69) is 19.4 Å². The predicted octanol–water partition coefficient (Wildman–Crippen LogP) is 3.78. The fraction of sp³-hybridized carbons (Fsp3) is 0.0667. The largest absolute Gasteiger partial charge is 0.329 e. The summed E-state index contributed by atoms with van der Waals surface area (Å²) in [6.07, 6.45) is 0. The van der Waals surface area contributed by atoms with E-state index in [9.17, 15) is 4.79 Å². The van der Waals surface area contributed by atoms with Gasteiger partial charge in [-0.25, -0.2) is 0 Å². The third-order valence-electron chi connectivity index (χ3n) is 3.12. The number of nitrogens with one attached hydrogen (secondary N) is 2. The summed E-state index contributed by atoms with van der Waals surface area (Å²) in [6, 6.07) is 10.7. The highest BCUT2D eigenvalue weighted by Crippen LogP contribution is 2.29. The first-order valence-electron chi connectivity index (χ1n) is 6.64. The van der Waals surface area contributed by atoms with Crippen LogP contribution in [-0.2, 0) is 0 Å². The van der Waals surface area contributed by atoms with Crippen molar-refractivity contribution in [3.8, 4) is 0 Å². The minimum atomic E-state index is -0.286. The first-order chi connectivity index (χ1) is 11.0. The summed E-state index contributed by atoms with van der Waals surface area (Å²) >= 11 is 12.5. The van der Waals surface area contributed by atoms with Gasteiger partial charge in [-0.15, -0.1) is 0 Å². The topological polar surface area (TPSA) is 66.9 Å². The lowest BCUT2D eigenvalue weighted by Crippen LogP contribution is -2.34. The van der Waals surface area contributed by atoms with Crippen molar-refractivity contribution in [2.45, 2.75) is 6.92 Å². The Bertz CT molecular complexity index is 909. The Kier molecular flexibility index (Phi) is 4.51. The first-order valence-corrected chi connectivity index (χ1v) is 8.16. The van der Waals surface area contributed by atoms with Gasteiger partial charge in [0.05, 0.1) is 22.4 Å². The lowest BCUT2D eigenvalue weighted by atomic mass is 10.1. The Morgan fingerprint density at radius 3 is 2.87 bits per heavy atom. The number of thiocarbonyl (C=S) groups is 1. The van der Waals surface area contributed by atoms with Gasteiger partial charge < -0.3 is 5.32 Å². The molecule has 0 bridgehead atoms. The van der Waals surface area contributed by atoms with Gasteiger partial charge in [-0.1, -0.05) is 29.3 Å². The molecule has 3 rings (SSSR count). The Balaban J connectivity index is 1.77. The number of nitrogens with zero attached hydrogens (tertiary/aromatic N) is 2. The molecule has 23 heavy (non-hydrogen) atoms. The molecular formula is C15H11ClN4OS2. The molecule has 0 aliphatic rings. The van der Waals surface area contributed by atoms with Gasteiger partial charge in [0.15, 0.2) is 5.11 Å². The van der Waals surface area contributed by atoms with E-state index in [1.165, 1.54) is 0 Å². The Morgan fingerprint density at radius 2 is 2.09 bits per heavy atom. The van der Waals surface area contributed by atoms with Crippen LogP contribution in [0, 0.1) is 6.92 Å². The zero-order valence-corrected chi connectivity index (χ0v) is 14.4. The molecule has 0 saturated heterocycles. The first kappa shape index (κ1) is 15.8. The third kappa shape index (κ3) is 3.47. The van der Waals surface area contributed by atoms with Gasteiger partial charge >= 0.3 is 0 Å². The molecule has 2 aromatic carbocycles. The maximum absolute atomic E-state index is 12.2.